The summed E-state index contributed by atoms with van der Waals surface area (Å²) in [5, 5.41) is 4.16. The molecule has 2 nitrogen and oxygen atoms in total. The number of aryl methyl sites for hydroxylation is 2. The number of rotatable bonds is 2. The first kappa shape index (κ1) is 13.4. The molecule has 0 saturated heterocycles. The largest absolute Gasteiger partial charge is 0.377 e. The number of hydrogen-bond donors (Lipinski definition) is 1. The van der Waals surface area contributed by atoms with E-state index in [4.69, 9.17) is 11.6 Å². The van der Waals surface area contributed by atoms with Gasteiger partial charge in [-0.25, -0.2) is 4.98 Å². The molecular weight excluding hydrogens is 344 g/mol. The monoisotopic (exact) mass is 356 g/mol. The number of anilines is 1. The van der Waals surface area contributed by atoms with E-state index in [-0.39, 0.29) is 0 Å². The quantitative estimate of drug-likeness (QED) is 0.732. The minimum Gasteiger partial charge on any atom is -0.377 e. The molecule has 1 unspecified atom stereocenters. The van der Waals surface area contributed by atoms with Crippen LogP contribution >= 0.6 is 38.9 Å². The maximum Gasteiger partial charge on any atom is 0.129 e. The summed E-state index contributed by atoms with van der Waals surface area (Å²) in [6.45, 7) is 1.99. The van der Waals surface area contributed by atoms with Gasteiger partial charge in [0.05, 0.1) is 21.2 Å². The van der Waals surface area contributed by atoms with Gasteiger partial charge in [0.2, 0.25) is 0 Å². The highest BCUT2D eigenvalue weighted by atomic mass is 79.9. The van der Waals surface area contributed by atoms with Crippen molar-refractivity contribution in [3.8, 4) is 0 Å². The molecule has 100 valence electrons. The highest BCUT2D eigenvalue weighted by molar-refractivity contribution is 9.11. The van der Waals surface area contributed by atoms with Crippen LogP contribution < -0.4 is 5.32 Å². The van der Waals surface area contributed by atoms with E-state index in [1.54, 1.807) is 0 Å². The zero-order chi connectivity index (χ0) is 13.4. The van der Waals surface area contributed by atoms with E-state index in [1.807, 2.05) is 30.4 Å². The van der Waals surface area contributed by atoms with E-state index in [9.17, 15) is 0 Å². The van der Waals surface area contributed by atoms with Gasteiger partial charge in [0.1, 0.15) is 5.15 Å². The zero-order valence-corrected chi connectivity index (χ0v) is 13.7. The molecule has 1 N–H and O–H groups in total. The predicted molar refractivity (Wildman–Crippen MR) is 85.3 cm³/mol. The van der Waals surface area contributed by atoms with Gasteiger partial charge in [-0.3, -0.25) is 0 Å². The Labute approximate surface area is 130 Å². The molecular formula is C14H14BrClN2S. The summed E-state index contributed by atoms with van der Waals surface area (Å²) in [5.41, 5.74) is 3.45. The highest BCUT2D eigenvalue weighted by Gasteiger charge is 2.23. The maximum absolute atomic E-state index is 5.90. The first-order chi connectivity index (χ1) is 9.13. The van der Waals surface area contributed by atoms with Crippen LogP contribution in [0, 0.1) is 6.92 Å². The number of nitrogens with one attached hydrogen (secondary N) is 1. The lowest BCUT2D eigenvalue weighted by atomic mass is 9.94. The smallest absolute Gasteiger partial charge is 0.129 e. The van der Waals surface area contributed by atoms with Crippen LogP contribution in [0.5, 0.6) is 0 Å². The number of hydrogen-bond acceptors (Lipinski definition) is 3. The highest BCUT2D eigenvalue weighted by Crippen LogP contribution is 2.39. The Morgan fingerprint density at radius 2 is 2.32 bits per heavy atom. The molecule has 0 aliphatic heterocycles. The van der Waals surface area contributed by atoms with Gasteiger partial charge in [0.25, 0.3) is 0 Å². The number of halogens is 2. The molecule has 1 aliphatic rings. The van der Waals surface area contributed by atoms with Gasteiger partial charge >= 0.3 is 0 Å². The van der Waals surface area contributed by atoms with Crippen LogP contribution in [0.4, 0.5) is 5.69 Å². The lowest BCUT2D eigenvalue weighted by Gasteiger charge is -2.25. The Morgan fingerprint density at radius 1 is 1.47 bits per heavy atom. The molecule has 0 spiro atoms. The van der Waals surface area contributed by atoms with E-state index < -0.39 is 0 Å². The second kappa shape index (κ2) is 5.43. The normalized spacial score (nSPS) is 18.2. The van der Waals surface area contributed by atoms with Crippen molar-refractivity contribution in [3.63, 3.8) is 0 Å². The van der Waals surface area contributed by atoms with Gasteiger partial charge in [-0.15, -0.1) is 11.3 Å². The Kier molecular flexibility index (Phi) is 3.83. The van der Waals surface area contributed by atoms with Crippen LogP contribution in [0.2, 0.25) is 5.15 Å². The van der Waals surface area contributed by atoms with Crippen molar-refractivity contribution in [2.24, 2.45) is 0 Å². The van der Waals surface area contributed by atoms with Crippen molar-refractivity contribution in [1.82, 2.24) is 4.98 Å². The van der Waals surface area contributed by atoms with Crippen LogP contribution in [0.25, 0.3) is 0 Å². The second-order valence-corrected chi connectivity index (χ2v) is 7.69. The fourth-order valence-electron chi connectivity index (χ4n) is 2.54. The van der Waals surface area contributed by atoms with Crippen LogP contribution in [-0.2, 0) is 6.42 Å². The SMILES string of the molecule is Cc1nc(Cl)ccc1NC1CCCc2sc(Br)cc21. The van der Waals surface area contributed by atoms with Gasteiger partial charge in [0.15, 0.2) is 0 Å². The number of fused-ring (bicyclic) bond motifs is 1. The van der Waals surface area contributed by atoms with Gasteiger partial charge in [-0.05, 0) is 65.9 Å². The molecule has 1 atom stereocenters. The molecule has 0 bridgehead atoms. The van der Waals surface area contributed by atoms with Crippen molar-refractivity contribution >= 4 is 44.6 Å². The van der Waals surface area contributed by atoms with Gasteiger partial charge in [-0.2, -0.15) is 0 Å². The first-order valence-electron chi connectivity index (χ1n) is 6.31. The third-order valence-electron chi connectivity index (χ3n) is 3.47. The molecule has 0 saturated carbocycles. The second-order valence-electron chi connectivity index (χ2n) is 4.79. The molecule has 0 amide bonds. The molecule has 1 aliphatic carbocycles. The van der Waals surface area contributed by atoms with Gasteiger partial charge < -0.3 is 5.32 Å². The van der Waals surface area contributed by atoms with E-state index in [0.29, 0.717) is 11.2 Å². The van der Waals surface area contributed by atoms with Crippen molar-refractivity contribution in [2.45, 2.75) is 32.2 Å². The Morgan fingerprint density at radius 3 is 3.11 bits per heavy atom. The summed E-state index contributed by atoms with van der Waals surface area (Å²) in [7, 11) is 0. The lowest BCUT2D eigenvalue weighted by molar-refractivity contribution is 0.608. The van der Waals surface area contributed by atoms with E-state index in [2.05, 4.69) is 32.3 Å². The molecule has 19 heavy (non-hydrogen) atoms. The van der Waals surface area contributed by atoms with Crippen LogP contribution in [0.3, 0.4) is 0 Å². The summed E-state index contributed by atoms with van der Waals surface area (Å²) >= 11 is 11.3. The van der Waals surface area contributed by atoms with Crippen molar-refractivity contribution < 1.29 is 0 Å². The fourth-order valence-corrected chi connectivity index (χ4v) is 4.55. The van der Waals surface area contributed by atoms with Crippen LogP contribution in [0.1, 0.15) is 35.0 Å². The molecule has 2 heterocycles. The number of thiophene rings is 1. The van der Waals surface area contributed by atoms with Crippen molar-refractivity contribution in [2.75, 3.05) is 5.32 Å². The average Bonchev–Trinajstić information content (AvgIpc) is 2.74. The van der Waals surface area contributed by atoms with E-state index in [0.717, 1.165) is 17.8 Å². The van der Waals surface area contributed by atoms with E-state index >= 15 is 0 Å². The summed E-state index contributed by atoms with van der Waals surface area (Å²) in [6.07, 6.45) is 3.59. The minimum atomic E-state index is 0.382. The van der Waals surface area contributed by atoms with Gasteiger partial charge in [0, 0.05) is 4.88 Å². The Bertz CT molecular complexity index is 611. The molecule has 2 aromatic rings. The topological polar surface area (TPSA) is 24.9 Å². The molecule has 0 radical (unpaired) electrons. The Hall–Kier alpha value is -0.580. The fraction of sp³-hybridized carbons (Fsp3) is 0.357. The van der Waals surface area contributed by atoms with Crippen LogP contribution in [0.15, 0.2) is 22.0 Å². The molecule has 0 aromatic carbocycles. The maximum atomic E-state index is 5.90. The third-order valence-corrected chi connectivity index (χ3v) is 5.39. The van der Waals surface area contributed by atoms with E-state index in [1.165, 1.54) is 27.1 Å². The molecule has 2 aromatic heterocycles. The third kappa shape index (κ3) is 2.81. The zero-order valence-electron chi connectivity index (χ0n) is 10.5. The summed E-state index contributed by atoms with van der Waals surface area (Å²) in [6, 6.07) is 6.48. The first-order valence-corrected chi connectivity index (χ1v) is 8.30. The standard InChI is InChI=1S/C14H14BrClN2S/c1-8-10(5-6-14(16)17-8)18-11-3-2-4-12-9(11)7-13(15)19-12/h5-7,11,18H,2-4H2,1H3. The Balaban J connectivity index is 1.88. The number of nitrogens with zero attached hydrogens (tertiary/aromatic N) is 1. The van der Waals surface area contributed by atoms with Crippen LogP contribution in [-0.4, -0.2) is 4.98 Å². The number of pyridine rings is 1. The predicted octanol–water partition coefficient (Wildman–Crippen LogP) is 5.36. The minimum absolute atomic E-state index is 0.382. The molecule has 0 fully saturated rings. The average molecular weight is 358 g/mol. The lowest BCUT2D eigenvalue weighted by Crippen LogP contribution is -2.16. The van der Waals surface area contributed by atoms with Gasteiger partial charge in [-0.1, -0.05) is 11.6 Å². The number of aromatic nitrogens is 1. The molecule has 5 heteroatoms. The molecule has 3 rings (SSSR count). The summed E-state index contributed by atoms with van der Waals surface area (Å²) < 4.78 is 1.22. The van der Waals surface area contributed by atoms with Crippen molar-refractivity contribution in [1.29, 1.82) is 0 Å². The summed E-state index contributed by atoms with van der Waals surface area (Å²) in [4.78, 5) is 5.79. The summed E-state index contributed by atoms with van der Waals surface area (Å²) in [5.74, 6) is 0. The van der Waals surface area contributed by atoms with Crippen molar-refractivity contribution in [3.05, 3.63) is 43.3 Å².